The normalized spacial score (nSPS) is 11.1. The zero-order valence-electron chi connectivity index (χ0n) is 17.4. The second kappa shape index (κ2) is 8.82. The van der Waals surface area contributed by atoms with Crippen LogP contribution in [-0.2, 0) is 11.2 Å². The number of para-hydroxylation sites is 1. The summed E-state index contributed by atoms with van der Waals surface area (Å²) >= 11 is 5.99. The number of fused-ring (bicyclic) bond motifs is 3. The highest BCUT2D eigenvalue weighted by molar-refractivity contribution is 6.31. The molecule has 0 aliphatic heterocycles. The van der Waals surface area contributed by atoms with Crippen LogP contribution in [0.2, 0.25) is 5.02 Å². The molecule has 5 nitrogen and oxygen atoms in total. The minimum Gasteiger partial charge on any atom is -0.496 e. The van der Waals surface area contributed by atoms with Crippen molar-refractivity contribution in [2.75, 3.05) is 12.4 Å². The number of aryl methyl sites for hydroxylation is 1. The van der Waals surface area contributed by atoms with E-state index in [9.17, 15) is 9.59 Å². The van der Waals surface area contributed by atoms with E-state index in [-0.39, 0.29) is 24.5 Å². The van der Waals surface area contributed by atoms with Crippen molar-refractivity contribution >= 4 is 50.8 Å². The Hall–Kier alpha value is -3.31. The number of aromatic amines is 1. The number of aromatic nitrogens is 1. The molecule has 0 unspecified atom stereocenters. The van der Waals surface area contributed by atoms with Gasteiger partial charge in [-0.15, -0.1) is 0 Å². The summed E-state index contributed by atoms with van der Waals surface area (Å²) in [4.78, 5) is 28.5. The lowest BCUT2D eigenvalue weighted by Crippen LogP contribution is -2.13. The maximum atomic E-state index is 12.5. The van der Waals surface area contributed by atoms with Gasteiger partial charge in [0.15, 0.2) is 5.78 Å². The van der Waals surface area contributed by atoms with Gasteiger partial charge < -0.3 is 15.0 Å². The number of H-pyrrole nitrogens is 1. The highest BCUT2D eigenvalue weighted by Crippen LogP contribution is 2.30. The van der Waals surface area contributed by atoms with Crippen molar-refractivity contribution in [3.05, 3.63) is 70.7 Å². The highest BCUT2D eigenvalue weighted by atomic mass is 35.5. The zero-order chi connectivity index (χ0) is 22.0. The smallest absolute Gasteiger partial charge is 0.224 e. The summed E-state index contributed by atoms with van der Waals surface area (Å²) in [5, 5.41) is 5.63. The Morgan fingerprint density at radius 1 is 1.03 bits per heavy atom. The molecule has 0 atom stereocenters. The predicted molar refractivity (Wildman–Crippen MR) is 125 cm³/mol. The molecule has 6 heteroatoms. The zero-order valence-corrected chi connectivity index (χ0v) is 18.2. The molecule has 0 aliphatic rings. The van der Waals surface area contributed by atoms with E-state index in [2.05, 4.69) is 35.4 Å². The summed E-state index contributed by atoms with van der Waals surface area (Å²) in [5.74, 6) is 0.0391. The molecule has 0 aliphatic carbocycles. The van der Waals surface area contributed by atoms with Gasteiger partial charge in [-0.1, -0.05) is 42.8 Å². The fraction of sp³-hybridized carbons (Fsp3) is 0.200. The Morgan fingerprint density at radius 2 is 1.87 bits per heavy atom. The number of anilines is 1. The molecule has 0 bridgehead atoms. The Balaban J connectivity index is 1.47. The van der Waals surface area contributed by atoms with Crippen LogP contribution in [0.25, 0.3) is 21.8 Å². The SMILES string of the molecule is CCc1cccc2c1[nH]c1cc(NC(=O)CCC(=O)c3cc(Cl)ccc3OC)ccc12. The van der Waals surface area contributed by atoms with Gasteiger partial charge in [0.25, 0.3) is 0 Å². The Labute approximate surface area is 185 Å². The first kappa shape index (κ1) is 20.9. The summed E-state index contributed by atoms with van der Waals surface area (Å²) in [6, 6.07) is 17.0. The van der Waals surface area contributed by atoms with Gasteiger partial charge in [0.1, 0.15) is 5.75 Å². The molecular weight excluding hydrogens is 412 g/mol. The molecule has 0 fully saturated rings. The number of rotatable bonds is 7. The van der Waals surface area contributed by atoms with Crippen LogP contribution in [0.15, 0.2) is 54.6 Å². The predicted octanol–water partition coefficient (Wildman–Crippen LogP) is 6.15. The first-order valence-corrected chi connectivity index (χ1v) is 10.6. The number of ether oxygens (including phenoxy) is 1. The van der Waals surface area contributed by atoms with E-state index in [0.717, 1.165) is 22.8 Å². The second-order valence-corrected chi connectivity index (χ2v) is 7.83. The van der Waals surface area contributed by atoms with Crippen molar-refractivity contribution < 1.29 is 14.3 Å². The molecule has 1 amide bonds. The van der Waals surface area contributed by atoms with Crippen molar-refractivity contribution in [3.8, 4) is 5.75 Å². The van der Waals surface area contributed by atoms with Crippen molar-refractivity contribution in [2.45, 2.75) is 26.2 Å². The lowest BCUT2D eigenvalue weighted by Gasteiger charge is -2.08. The molecule has 31 heavy (non-hydrogen) atoms. The fourth-order valence-electron chi connectivity index (χ4n) is 3.85. The molecule has 4 rings (SSSR count). The topological polar surface area (TPSA) is 71.2 Å². The molecule has 3 aromatic carbocycles. The minimum absolute atomic E-state index is 0.0665. The average Bonchev–Trinajstić information content (AvgIpc) is 3.15. The number of hydrogen-bond acceptors (Lipinski definition) is 3. The van der Waals surface area contributed by atoms with Crippen LogP contribution in [0.5, 0.6) is 5.75 Å². The van der Waals surface area contributed by atoms with E-state index in [1.807, 2.05) is 18.2 Å². The quantitative estimate of drug-likeness (QED) is 0.343. The van der Waals surface area contributed by atoms with E-state index >= 15 is 0 Å². The number of Topliss-reactive ketones (excluding diaryl/α,β-unsaturated/α-hetero) is 1. The largest absolute Gasteiger partial charge is 0.496 e. The van der Waals surface area contributed by atoms with E-state index < -0.39 is 0 Å². The van der Waals surface area contributed by atoms with Crippen LogP contribution in [0, 0.1) is 0 Å². The molecule has 1 aromatic heterocycles. The molecule has 0 spiro atoms. The molecule has 0 saturated heterocycles. The molecule has 1 heterocycles. The molecule has 2 N–H and O–H groups in total. The van der Waals surface area contributed by atoms with E-state index in [0.29, 0.717) is 22.0 Å². The second-order valence-electron chi connectivity index (χ2n) is 7.39. The van der Waals surface area contributed by atoms with Gasteiger partial charge in [-0.3, -0.25) is 9.59 Å². The number of carbonyl (C=O) groups is 2. The number of methoxy groups -OCH3 is 1. The van der Waals surface area contributed by atoms with E-state index in [1.54, 1.807) is 18.2 Å². The number of halogens is 1. The maximum absolute atomic E-state index is 12.5. The van der Waals surface area contributed by atoms with E-state index in [4.69, 9.17) is 16.3 Å². The van der Waals surface area contributed by atoms with Crippen molar-refractivity contribution in [2.24, 2.45) is 0 Å². The van der Waals surface area contributed by atoms with Gasteiger partial charge in [-0.25, -0.2) is 0 Å². The molecule has 158 valence electrons. The summed E-state index contributed by atoms with van der Waals surface area (Å²) in [7, 11) is 1.50. The third kappa shape index (κ3) is 4.28. The number of benzene rings is 3. The van der Waals surface area contributed by atoms with Gasteiger partial charge in [-0.2, -0.15) is 0 Å². The lowest BCUT2D eigenvalue weighted by atomic mass is 10.1. The lowest BCUT2D eigenvalue weighted by molar-refractivity contribution is -0.116. The van der Waals surface area contributed by atoms with Crippen LogP contribution >= 0.6 is 11.6 Å². The molecule has 4 aromatic rings. The van der Waals surface area contributed by atoms with Gasteiger partial charge in [0.05, 0.1) is 12.7 Å². The van der Waals surface area contributed by atoms with Gasteiger partial charge in [0.2, 0.25) is 5.91 Å². The third-order valence-electron chi connectivity index (χ3n) is 5.43. The van der Waals surface area contributed by atoms with Crippen LogP contribution in [0.3, 0.4) is 0 Å². The molecule has 0 saturated carbocycles. The van der Waals surface area contributed by atoms with Crippen molar-refractivity contribution in [1.29, 1.82) is 0 Å². The van der Waals surface area contributed by atoms with Crippen molar-refractivity contribution in [3.63, 3.8) is 0 Å². The summed E-state index contributed by atoms with van der Waals surface area (Å²) in [5.41, 5.74) is 4.43. The highest BCUT2D eigenvalue weighted by Gasteiger charge is 2.15. The van der Waals surface area contributed by atoms with Crippen molar-refractivity contribution in [1.82, 2.24) is 4.98 Å². The monoisotopic (exact) mass is 434 g/mol. The first-order valence-electron chi connectivity index (χ1n) is 10.2. The maximum Gasteiger partial charge on any atom is 0.224 e. The van der Waals surface area contributed by atoms with Gasteiger partial charge >= 0.3 is 0 Å². The number of carbonyl (C=O) groups excluding carboxylic acids is 2. The van der Waals surface area contributed by atoms with Crippen LogP contribution in [0.4, 0.5) is 5.69 Å². The van der Waals surface area contributed by atoms with Gasteiger partial charge in [0, 0.05) is 45.4 Å². The number of hydrogen-bond donors (Lipinski definition) is 2. The van der Waals surface area contributed by atoms with Crippen LogP contribution in [-0.4, -0.2) is 23.8 Å². The average molecular weight is 435 g/mol. The van der Waals surface area contributed by atoms with Crippen LogP contribution < -0.4 is 10.1 Å². The standard InChI is InChI=1S/C25H23ClN2O3/c1-3-15-5-4-6-19-18-9-8-17(14-21(18)28-25(15)19)27-24(30)12-10-22(29)20-13-16(26)7-11-23(20)31-2/h4-9,11,13-14,28H,3,10,12H2,1-2H3,(H,27,30). The first-order chi connectivity index (χ1) is 15.0. The van der Waals surface area contributed by atoms with Crippen LogP contribution in [0.1, 0.15) is 35.7 Å². The Kier molecular flexibility index (Phi) is 5.96. The summed E-state index contributed by atoms with van der Waals surface area (Å²) < 4.78 is 5.22. The number of ketones is 1. The molecule has 0 radical (unpaired) electrons. The van der Waals surface area contributed by atoms with Gasteiger partial charge in [-0.05, 0) is 42.3 Å². The third-order valence-corrected chi connectivity index (χ3v) is 5.66. The summed E-state index contributed by atoms with van der Waals surface area (Å²) in [6.45, 7) is 2.13. The Morgan fingerprint density at radius 3 is 2.65 bits per heavy atom. The Bertz CT molecular complexity index is 1290. The number of amides is 1. The summed E-state index contributed by atoms with van der Waals surface area (Å²) in [6.07, 6.45) is 1.08. The molecular formula is C25H23ClN2O3. The number of nitrogens with one attached hydrogen (secondary N) is 2. The minimum atomic E-state index is -0.223. The van der Waals surface area contributed by atoms with E-state index in [1.165, 1.54) is 18.1 Å². The fourth-order valence-corrected chi connectivity index (χ4v) is 4.02.